The number of halogens is 4. The zero-order valence-corrected chi connectivity index (χ0v) is 18.5. The van der Waals surface area contributed by atoms with Gasteiger partial charge in [0.05, 0.1) is 11.1 Å². The van der Waals surface area contributed by atoms with E-state index in [9.17, 15) is 18.0 Å². The number of amides is 1. The number of hydrogen-bond acceptors (Lipinski definition) is 3. The minimum atomic E-state index is -4.63. The quantitative estimate of drug-likeness (QED) is 0.378. The fourth-order valence-electron chi connectivity index (χ4n) is 2.89. The van der Waals surface area contributed by atoms with Crippen LogP contribution in [0.3, 0.4) is 0 Å². The third-order valence-electron chi connectivity index (χ3n) is 4.50. The lowest BCUT2D eigenvalue weighted by atomic mass is 10.0. The summed E-state index contributed by atoms with van der Waals surface area (Å²) in [5, 5.41) is 5.70. The van der Waals surface area contributed by atoms with Crippen molar-refractivity contribution < 1.29 is 18.0 Å². The molecule has 3 aromatic rings. The van der Waals surface area contributed by atoms with Crippen molar-refractivity contribution in [1.82, 2.24) is 10.3 Å². The number of nitrogens with zero attached hydrogens (tertiary/aromatic N) is 1. The van der Waals surface area contributed by atoms with E-state index < -0.39 is 23.2 Å². The van der Waals surface area contributed by atoms with Gasteiger partial charge in [-0.3, -0.25) is 4.79 Å². The zero-order valence-electron chi connectivity index (χ0n) is 16.9. The molecule has 32 heavy (non-hydrogen) atoms. The van der Waals surface area contributed by atoms with Crippen LogP contribution < -0.4 is 5.32 Å². The van der Waals surface area contributed by atoms with E-state index in [1.165, 1.54) is 23.5 Å². The molecule has 2 aromatic carbocycles. The summed E-state index contributed by atoms with van der Waals surface area (Å²) in [6.45, 7) is 5.68. The van der Waals surface area contributed by atoms with Crippen LogP contribution in [0.5, 0.6) is 0 Å². The van der Waals surface area contributed by atoms with Crippen molar-refractivity contribution >= 4 is 34.4 Å². The Balaban J connectivity index is 1.78. The fraction of sp³-hybridized carbons (Fsp3) is 0.0833. The van der Waals surface area contributed by atoms with Crippen LogP contribution in [0.25, 0.3) is 16.1 Å². The second kappa shape index (κ2) is 9.97. The standard InChI is InChI=1S/C24H18ClF3N2OS/c1-3-17(30-22(31)18-6-4-5-7-20(18)24(26,27)28)10-8-15(2)19-14-16(9-11-21(19)25)23-29-12-13-32-23/h3-14H,2H2,1H3,(H,30,31)/b10-8-,17-3+. The number of thiazole rings is 1. The Kier molecular flexibility index (Phi) is 7.33. The molecule has 3 rings (SSSR count). The van der Waals surface area contributed by atoms with Gasteiger partial charge in [0.25, 0.3) is 5.91 Å². The van der Waals surface area contributed by atoms with Gasteiger partial charge >= 0.3 is 6.18 Å². The summed E-state index contributed by atoms with van der Waals surface area (Å²) in [5.74, 6) is -0.856. The van der Waals surface area contributed by atoms with Crippen molar-refractivity contribution in [2.24, 2.45) is 0 Å². The SMILES string of the molecule is C=C(/C=C\C(=C/C)NC(=O)c1ccccc1C(F)(F)F)c1cc(-c2nccs2)ccc1Cl. The highest BCUT2D eigenvalue weighted by Gasteiger charge is 2.34. The number of nitrogens with one attached hydrogen (secondary N) is 1. The van der Waals surface area contributed by atoms with E-state index >= 15 is 0 Å². The van der Waals surface area contributed by atoms with Crippen LogP contribution in [0.2, 0.25) is 5.02 Å². The molecule has 0 aliphatic carbocycles. The molecule has 3 nitrogen and oxygen atoms in total. The van der Waals surface area contributed by atoms with Gasteiger partial charge in [-0.05, 0) is 42.8 Å². The van der Waals surface area contributed by atoms with Crippen LogP contribution in [0.4, 0.5) is 13.2 Å². The number of benzene rings is 2. The van der Waals surface area contributed by atoms with Gasteiger partial charge in [-0.25, -0.2) is 4.98 Å². The lowest BCUT2D eigenvalue weighted by molar-refractivity contribution is -0.137. The van der Waals surface area contributed by atoms with Crippen LogP contribution in [-0.4, -0.2) is 10.9 Å². The van der Waals surface area contributed by atoms with E-state index in [1.807, 2.05) is 17.5 Å². The van der Waals surface area contributed by atoms with E-state index in [0.717, 1.165) is 22.7 Å². The zero-order chi connectivity index (χ0) is 23.3. The van der Waals surface area contributed by atoms with Crippen molar-refractivity contribution in [3.05, 3.63) is 106 Å². The van der Waals surface area contributed by atoms with Gasteiger partial charge in [-0.15, -0.1) is 11.3 Å². The number of carbonyl (C=O) groups excluding carboxylic acids is 1. The summed E-state index contributed by atoms with van der Waals surface area (Å²) in [5.41, 5.74) is 1.01. The van der Waals surface area contributed by atoms with E-state index in [-0.39, 0.29) is 0 Å². The Hall–Kier alpha value is -3.16. The molecule has 0 atom stereocenters. The predicted molar refractivity (Wildman–Crippen MR) is 123 cm³/mol. The number of aromatic nitrogens is 1. The molecule has 0 saturated heterocycles. The maximum Gasteiger partial charge on any atom is 0.417 e. The van der Waals surface area contributed by atoms with Gasteiger partial charge < -0.3 is 5.32 Å². The number of hydrogen-bond donors (Lipinski definition) is 1. The molecule has 0 fully saturated rings. The van der Waals surface area contributed by atoms with E-state index in [2.05, 4.69) is 16.9 Å². The maximum atomic E-state index is 13.2. The van der Waals surface area contributed by atoms with Crippen LogP contribution in [0, 0.1) is 0 Å². The molecule has 0 spiro atoms. The average molecular weight is 475 g/mol. The smallest absolute Gasteiger partial charge is 0.322 e. The van der Waals surface area contributed by atoms with Crippen LogP contribution in [0.1, 0.15) is 28.4 Å². The summed E-state index contributed by atoms with van der Waals surface area (Å²) in [7, 11) is 0. The van der Waals surface area contributed by atoms with Crippen molar-refractivity contribution in [3.8, 4) is 10.6 Å². The monoisotopic (exact) mass is 474 g/mol. The number of allylic oxidation sites excluding steroid dienone is 4. The topological polar surface area (TPSA) is 42.0 Å². The second-order valence-corrected chi connectivity index (χ2v) is 7.93. The second-order valence-electron chi connectivity index (χ2n) is 6.63. The fourth-order valence-corrected chi connectivity index (χ4v) is 3.76. The molecular formula is C24H18ClF3N2OS. The molecule has 0 unspecified atom stereocenters. The lowest BCUT2D eigenvalue weighted by Gasteiger charge is -2.13. The van der Waals surface area contributed by atoms with Crippen LogP contribution in [0.15, 0.2) is 84.5 Å². The maximum absolute atomic E-state index is 13.2. The first-order valence-electron chi connectivity index (χ1n) is 9.41. The van der Waals surface area contributed by atoms with Crippen molar-refractivity contribution in [2.45, 2.75) is 13.1 Å². The molecule has 164 valence electrons. The van der Waals surface area contributed by atoms with Crippen molar-refractivity contribution in [1.29, 1.82) is 0 Å². The molecule has 0 radical (unpaired) electrons. The average Bonchev–Trinajstić information content (AvgIpc) is 3.31. The minimum absolute atomic E-state index is 0.320. The molecule has 8 heteroatoms. The summed E-state index contributed by atoms with van der Waals surface area (Å²) in [6.07, 6.45) is 1.85. The van der Waals surface area contributed by atoms with Gasteiger partial charge in [0.15, 0.2) is 0 Å². The normalized spacial score (nSPS) is 12.2. The highest BCUT2D eigenvalue weighted by molar-refractivity contribution is 7.13. The first kappa shape index (κ1) is 23.5. The highest BCUT2D eigenvalue weighted by atomic mass is 35.5. The number of carbonyl (C=O) groups is 1. The van der Waals surface area contributed by atoms with Crippen LogP contribution in [-0.2, 0) is 6.18 Å². The molecule has 1 heterocycles. The third-order valence-corrected chi connectivity index (χ3v) is 5.65. The van der Waals surface area contributed by atoms with Gasteiger partial charge in [0.1, 0.15) is 5.01 Å². The molecule has 0 bridgehead atoms. The van der Waals surface area contributed by atoms with E-state index in [4.69, 9.17) is 11.6 Å². The molecule has 0 aliphatic rings. The molecule has 0 aliphatic heterocycles. The first-order valence-corrected chi connectivity index (χ1v) is 10.7. The Bertz CT molecular complexity index is 1200. The van der Waals surface area contributed by atoms with Gasteiger partial charge in [-0.2, -0.15) is 13.2 Å². The first-order chi connectivity index (χ1) is 15.2. The Morgan fingerprint density at radius 3 is 2.56 bits per heavy atom. The van der Waals surface area contributed by atoms with Gasteiger partial charge in [0.2, 0.25) is 0 Å². The molecule has 1 amide bonds. The van der Waals surface area contributed by atoms with E-state index in [0.29, 0.717) is 21.9 Å². The van der Waals surface area contributed by atoms with Crippen molar-refractivity contribution in [2.75, 3.05) is 0 Å². The molecular weight excluding hydrogens is 457 g/mol. The summed E-state index contributed by atoms with van der Waals surface area (Å²) < 4.78 is 39.6. The summed E-state index contributed by atoms with van der Waals surface area (Å²) >= 11 is 7.82. The third kappa shape index (κ3) is 5.55. The predicted octanol–water partition coefficient (Wildman–Crippen LogP) is 7.39. The highest BCUT2D eigenvalue weighted by Crippen LogP contribution is 2.32. The van der Waals surface area contributed by atoms with Crippen molar-refractivity contribution in [3.63, 3.8) is 0 Å². The van der Waals surface area contributed by atoms with Gasteiger partial charge in [-0.1, -0.05) is 48.5 Å². The number of rotatable bonds is 6. The summed E-state index contributed by atoms with van der Waals surface area (Å²) in [4.78, 5) is 16.8. The summed E-state index contributed by atoms with van der Waals surface area (Å²) in [6, 6.07) is 10.1. The minimum Gasteiger partial charge on any atom is -0.322 e. The van der Waals surface area contributed by atoms with Crippen LogP contribution >= 0.6 is 22.9 Å². The Morgan fingerprint density at radius 1 is 1.16 bits per heavy atom. The van der Waals surface area contributed by atoms with Gasteiger partial charge in [0, 0.05) is 33.4 Å². The molecule has 1 aromatic heterocycles. The number of alkyl halides is 3. The molecule has 1 N–H and O–H groups in total. The van der Waals surface area contributed by atoms with E-state index in [1.54, 1.807) is 37.4 Å². The largest absolute Gasteiger partial charge is 0.417 e. The lowest BCUT2D eigenvalue weighted by Crippen LogP contribution is -2.25. The Morgan fingerprint density at radius 2 is 1.91 bits per heavy atom. The molecule has 0 saturated carbocycles. The Labute approximate surface area is 192 Å².